The molecular formula is C50H30N4. The van der Waals surface area contributed by atoms with Gasteiger partial charge in [-0.1, -0.05) is 146 Å². The molecule has 0 fully saturated rings. The van der Waals surface area contributed by atoms with Gasteiger partial charge in [-0.2, -0.15) is 0 Å². The zero-order chi connectivity index (χ0) is 35.3. The number of nitrogens with zero attached hydrogens (tertiary/aromatic N) is 4. The smallest absolute Gasteiger partial charge is 0.165 e. The predicted molar refractivity (Wildman–Crippen MR) is 226 cm³/mol. The molecule has 250 valence electrons. The molecule has 0 N–H and O–H groups in total. The summed E-state index contributed by atoms with van der Waals surface area (Å²) in [6.45, 7) is 0. The Morgan fingerprint density at radius 1 is 0.333 bits per heavy atom. The van der Waals surface area contributed by atoms with E-state index in [0.29, 0.717) is 0 Å². The third kappa shape index (κ3) is 3.97. The number of hydrogen-bond acceptors (Lipinski definition) is 2. The highest BCUT2D eigenvalue weighted by molar-refractivity contribution is 6.41. The van der Waals surface area contributed by atoms with Gasteiger partial charge in [-0.05, 0) is 68.7 Å². The third-order valence-electron chi connectivity index (χ3n) is 11.2. The Morgan fingerprint density at radius 2 is 0.796 bits per heavy atom. The maximum Gasteiger partial charge on any atom is 0.165 e. The first kappa shape index (κ1) is 29.3. The molecule has 0 aliphatic heterocycles. The second-order valence-corrected chi connectivity index (χ2v) is 14.1. The van der Waals surface area contributed by atoms with Gasteiger partial charge in [0, 0.05) is 32.8 Å². The quantitative estimate of drug-likeness (QED) is 0.185. The van der Waals surface area contributed by atoms with Crippen LogP contribution in [0.3, 0.4) is 0 Å². The zero-order valence-electron chi connectivity index (χ0n) is 29.1. The second kappa shape index (κ2) is 11.1. The molecule has 0 amide bonds. The fraction of sp³-hybridized carbons (Fsp3) is 0. The van der Waals surface area contributed by atoms with E-state index < -0.39 is 0 Å². The second-order valence-electron chi connectivity index (χ2n) is 14.1. The van der Waals surface area contributed by atoms with Crippen molar-refractivity contribution in [2.75, 3.05) is 0 Å². The van der Waals surface area contributed by atoms with Crippen molar-refractivity contribution in [1.29, 1.82) is 0 Å². The van der Waals surface area contributed by atoms with Gasteiger partial charge in [0.25, 0.3) is 0 Å². The van der Waals surface area contributed by atoms with Crippen molar-refractivity contribution in [3.8, 4) is 22.8 Å². The van der Waals surface area contributed by atoms with E-state index in [4.69, 9.17) is 9.97 Å². The lowest BCUT2D eigenvalue weighted by Crippen LogP contribution is -2.05. The summed E-state index contributed by atoms with van der Waals surface area (Å²) in [5, 5.41) is 12.2. The summed E-state index contributed by atoms with van der Waals surface area (Å²) in [7, 11) is 0. The van der Waals surface area contributed by atoms with Crippen molar-refractivity contribution in [3.05, 3.63) is 182 Å². The van der Waals surface area contributed by atoms with Crippen molar-refractivity contribution in [1.82, 2.24) is 19.1 Å². The van der Waals surface area contributed by atoms with Crippen LogP contribution in [-0.2, 0) is 0 Å². The summed E-state index contributed by atoms with van der Waals surface area (Å²) in [6, 6.07) is 65.2. The fourth-order valence-corrected chi connectivity index (χ4v) is 9.01. The van der Waals surface area contributed by atoms with E-state index in [1.165, 1.54) is 59.4 Å². The Bertz CT molecular complexity index is 3490. The van der Waals surface area contributed by atoms with Crippen LogP contribution in [0.25, 0.3) is 110 Å². The van der Waals surface area contributed by atoms with Gasteiger partial charge in [-0.3, -0.25) is 4.57 Å². The first-order valence-corrected chi connectivity index (χ1v) is 18.4. The van der Waals surface area contributed by atoms with Crippen LogP contribution in [0.5, 0.6) is 0 Å². The lowest BCUT2D eigenvalue weighted by molar-refractivity contribution is 1.08. The molecule has 0 radical (unpaired) electrons. The van der Waals surface area contributed by atoms with Gasteiger partial charge in [-0.15, -0.1) is 0 Å². The van der Waals surface area contributed by atoms with Gasteiger partial charge in [0.2, 0.25) is 0 Å². The van der Waals surface area contributed by atoms with Gasteiger partial charge >= 0.3 is 0 Å². The van der Waals surface area contributed by atoms with E-state index in [1.54, 1.807) is 0 Å². The van der Waals surface area contributed by atoms with Crippen LogP contribution in [0, 0.1) is 0 Å². The Kier molecular flexibility index (Phi) is 6.02. The molecule has 0 saturated carbocycles. The minimum absolute atomic E-state index is 0.807. The number of hydrogen-bond donors (Lipinski definition) is 0. The van der Waals surface area contributed by atoms with Crippen LogP contribution in [0.1, 0.15) is 0 Å². The van der Waals surface area contributed by atoms with E-state index >= 15 is 0 Å². The lowest BCUT2D eigenvalue weighted by Gasteiger charge is -2.16. The minimum atomic E-state index is 0.807. The van der Waals surface area contributed by atoms with E-state index in [0.717, 1.165) is 50.3 Å². The summed E-state index contributed by atoms with van der Waals surface area (Å²) < 4.78 is 4.91. The molecule has 54 heavy (non-hydrogen) atoms. The lowest BCUT2D eigenvalue weighted by atomic mass is 9.95. The highest BCUT2D eigenvalue weighted by Gasteiger charge is 2.28. The molecular weight excluding hydrogens is 657 g/mol. The molecule has 3 heterocycles. The maximum absolute atomic E-state index is 5.56. The molecule has 0 saturated heterocycles. The number of benzene rings is 9. The van der Waals surface area contributed by atoms with Crippen molar-refractivity contribution in [3.63, 3.8) is 0 Å². The highest BCUT2D eigenvalue weighted by Crippen LogP contribution is 2.49. The van der Waals surface area contributed by atoms with Crippen LogP contribution in [0.2, 0.25) is 0 Å². The molecule has 0 bridgehead atoms. The molecule has 12 aromatic rings. The van der Waals surface area contributed by atoms with E-state index in [9.17, 15) is 0 Å². The van der Waals surface area contributed by atoms with E-state index in [2.05, 4.69) is 179 Å². The number of aromatic nitrogens is 4. The number of para-hydroxylation sites is 3. The molecule has 0 aliphatic rings. The third-order valence-corrected chi connectivity index (χ3v) is 11.2. The van der Waals surface area contributed by atoms with Gasteiger partial charge < -0.3 is 4.57 Å². The molecule has 0 unspecified atom stereocenters. The average molecular weight is 687 g/mol. The Labute approximate surface area is 309 Å². The SMILES string of the molecule is c1ccc(-c2nc3ccccc3nc2-n2c3ccc4ccccc4c3c3c4ccccc4c4c5c6ccccc6ccc5n(-c5ccccc5)c4c32)cc1. The molecule has 0 atom stereocenters. The number of rotatable bonds is 3. The van der Waals surface area contributed by atoms with Crippen LogP contribution < -0.4 is 0 Å². The van der Waals surface area contributed by atoms with Gasteiger partial charge in [-0.25, -0.2) is 9.97 Å². The summed E-state index contributed by atoms with van der Waals surface area (Å²) in [5.74, 6) is 0.807. The summed E-state index contributed by atoms with van der Waals surface area (Å²) >= 11 is 0. The van der Waals surface area contributed by atoms with Crippen LogP contribution in [0.15, 0.2) is 182 Å². The summed E-state index contributed by atoms with van der Waals surface area (Å²) in [4.78, 5) is 11.0. The van der Waals surface area contributed by atoms with Crippen molar-refractivity contribution < 1.29 is 0 Å². The molecule has 3 aromatic heterocycles. The Hall–Kier alpha value is -7.30. The van der Waals surface area contributed by atoms with Crippen molar-refractivity contribution in [2.45, 2.75) is 0 Å². The van der Waals surface area contributed by atoms with E-state index in [-0.39, 0.29) is 0 Å². The minimum Gasteiger partial charge on any atom is -0.307 e. The van der Waals surface area contributed by atoms with Crippen LogP contribution in [-0.4, -0.2) is 19.1 Å². The normalized spacial score (nSPS) is 12.1. The first-order chi connectivity index (χ1) is 26.8. The number of fused-ring (bicyclic) bond motifs is 15. The van der Waals surface area contributed by atoms with Crippen LogP contribution in [0.4, 0.5) is 0 Å². The van der Waals surface area contributed by atoms with E-state index in [1.807, 2.05) is 12.1 Å². The summed E-state index contributed by atoms with van der Waals surface area (Å²) in [5.41, 5.74) is 9.22. The predicted octanol–water partition coefficient (Wildman–Crippen LogP) is 13.0. The van der Waals surface area contributed by atoms with Crippen molar-refractivity contribution in [2.24, 2.45) is 0 Å². The first-order valence-electron chi connectivity index (χ1n) is 18.4. The fourth-order valence-electron chi connectivity index (χ4n) is 9.01. The molecule has 0 aliphatic carbocycles. The van der Waals surface area contributed by atoms with Crippen LogP contribution >= 0.6 is 0 Å². The molecule has 9 aromatic carbocycles. The monoisotopic (exact) mass is 686 g/mol. The molecule has 4 nitrogen and oxygen atoms in total. The molecule has 12 rings (SSSR count). The zero-order valence-corrected chi connectivity index (χ0v) is 29.1. The van der Waals surface area contributed by atoms with Gasteiger partial charge in [0.05, 0.1) is 33.1 Å². The molecule has 4 heteroatoms. The Balaban J connectivity index is 1.44. The topological polar surface area (TPSA) is 35.6 Å². The highest BCUT2D eigenvalue weighted by atomic mass is 15.1. The largest absolute Gasteiger partial charge is 0.307 e. The van der Waals surface area contributed by atoms with Crippen molar-refractivity contribution >= 4 is 87.0 Å². The average Bonchev–Trinajstić information content (AvgIpc) is 3.78. The maximum atomic E-state index is 5.56. The van der Waals surface area contributed by atoms with Gasteiger partial charge in [0.1, 0.15) is 5.69 Å². The molecule has 0 spiro atoms. The standard InChI is InChI=1S/C50H30N4/c1-3-17-33(18-4-1)47-50(52-40-26-14-13-25-39(40)51-47)54-42-30-28-32-16-8-10-22-36(32)44(42)46-38-24-12-11-23-37(38)45-43-35-21-9-7-15-31(35)27-29-41(43)53(48(45)49(46)54)34-19-5-2-6-20-34/h1-30H. The Morgan fingerprint density at radius 3 is 1.41 bits per heavy atom. The summed E-state index contributed by atoms with van der Waals surface area (Å²) in [6.07, 6.45) is 0. The van der Waals surface area contributed by atoms with Gasteiger partial charge in [0.15, 0.2) is 5.82 Å².